The van der Waals surface area contributed by atoms with Crippen molar-refractivity contribution < 1.29 is 17.7 Å². The quantitative estimate of drug-likeness (QED) is 0.559. The van der Waals surface area contributed by atoms with E-state index in [0.29, 0.717) is 0 Å². The second-order valence-corrected chi connectivity index (χ2v) is 36.4. The van der Waals surface area contributed by atoms with E-state index in [9.17, 15) is 0 Å². The normalized spacial score (nSPS) is 13.4. The predicted octanol–water partition coefficient (Wildman–Crippen LogP) is 4.36. The van der Waals surface area contributed by atoms with Crippen LogP contribution in [0.2, 0.25) is 9.26 Å². The van der Waals surface area contributed by atoms with E-state index in [-0.39, 0.29) is 30.4 Å². The van der Waals surface area contributed by atoms with Gasteiger partial charge in [-0.3, -0.25) is 0 Å². The largest absolute Gasteiger partial charge is 0.147 e. The van der Waals surface area contributed by atoms with Gasteiger partial charge in [0.05, 0.1) is 0 Å². The van der Waals surface area contributed by atoms with E-state index in [1.54, 1.807) is 8.83 Å². The van der Waals surface area contributed by atoms with Gasteiger partial charge in [-0.2, -0.15) is 0 Å². The second kappa shape index (κ2) is 7.00. The molecule has 1 N–H and O–H groups in total. The molecule has 1 aliphatic rings. The summed E-state index contributed by atoms with van der Waals surface area (Å²) >= 11 is -3.12. The standard InChI is InChI=1S/C13H9.C4H10N.2CH3.2ClH.H2Si.Zr/c1-3-7-12-10(5-1)9-11-6-2-4-8-13(11)12;1-4(2,3)5;;;;;;/h1-5,7-8H,9H2;5H,1-3H3;2*1H3;2*1H;1H2;/q;-1;;;;;;+1. The summed E-state index contributed by atoms with van der Waals surface area (Å²) in [4.78, 5) is 0. The maximum Gasteiger partial charge on any atom is -0.147 e. The van der Waals surface area contributed by atoms with Crippen molar-refractivity contribution in [3.8, 4) is 11.1 Å². The smallest absolute Gasteiger partial charge is 0.147 e. The van der Waals surface area contributed by atoms with Crippen molar-refractivity contribution in [3.63, 3.8) is 0 Å². The molecule has 0 atom stereocenters. The van der Waals surface area contributed by atoms with Crippen LogP contribution in [0.3, 0.4) is 0 Å². The van der Waals surface area contributed by atoms with Gasteiger partial charge >= 0.3 is 138 Å². The fourth-order valence-electron chi connectivity index (χ4n) is 4.18. The van der Waals surface area contributed by atoms with Crippen LogP contribution < -0.4 is 6.53 Å². The van der Waals surface area contributed by atoms with E-state index in [2.05, 4.69) is 82.6 Å². The van der Waals surface area contributed by atoms with Gasteiger partial charge in [0.1, 0.15) is 0 Å². The van der Waals surface area contributed by atoms with Crippen molar-refractivity contribution >= 4 is 35.0 Å². The van der Waals surface area contributed by atoms with Crippen molar-refractivity contribution in [2.45, 2.75) is 42.0 Å². The molecule has 1 nitrogen and oxygen atoms in total. The van der Waals surface area contributed by atoms with Gasteiger partial charge in [-0.05, 0) is 0 Å². The van der Waals surface area contributed by atoms with E-state index >= 15 is 0 Å². The molecule has 24 heavy (non-hydrogen) atoms. The van der Waals surface area contributed by atoms with Crippen LogP contribution in [0.15, 0.2) is 42.5 Å². The van der Waals surface area contributed by atoms with Crippen LogP contribution in [0.4, 0.5) is 0 Å². The summed E-state index contributed by atoms with van der Waals surface area (Å²) < 4.78 is 10.8. The minimum absolute atomic E-state index is 0. The number of benzene rings is 2. The maximum atomic E-state index is 4.07. The molecule has 0 bridgehead atoms. The maximum absolute atomic E-state index is 4.07. The van der Waals surface area contributed by atoms with Crippen LogP contribution in [-0.2, 0) is 24.1 Å². The van der Waals surface area contributed by atoms with Crippen molar-refractivity contribution in [1.29, 1.82) is 0 Å². The average molecular weight is 462 g/mol. The molecule has 2 aromatic carbocycles. The summed E-state index contributed by atoms with van der Waals surface area (Å²) in [5.41, 5.74) is 6.11. The fraction of sp³-hybridized carbons (Fsp3) is 0.368. The van der Waals surface area contributed by atoms with E-state index < -0.39 is 17.7 Å². The summed E-state index contributed by atoms with van der Waals surface area (Å²) in [6.45, 7) is 9.14. The molecular formula is C19H29Cl2NSiZr. The number of nitrogens with one attached hydrogen (secondary N) is 1. The van der Waals surface area contributed by atoms with Crippen LogP contribution in [0.25, 0.3) is 11.1 Å². The summed E-state index contributed by atoms with van der Waals surface area (Å²) in [5.74, 6) is 0. The van der Waals surface area contributed by atoms with E-state index in [4.69, 9.17) is 0 Å². The minimum Gasteiger partial charge on any atom is -0.147 e. The third-order valence-electron chi connectivity index (χ3n) is 4.49. The molecule has 0 fully saturated rings. The monoisotopic (exact) mass is 459 g/mol. The van der Waals surface area contributed by atoms with Crippen molar-refractivity contribution in [2.75, 3.05) is 0 Å². The van der Waals surface area contributed by atoms with Crippen LogP contribution in [0.5, 0.6) is 0 Å². The predicted molar refractivity (Wildman–Crippen MR) is 112 cm³/mol. The van der Waals surface area contributed by atoms with Crippen molar-refractivity contribution in [2.24, 2.45) is 0 Å². The molecule has 0 saturated carbocycles. The Morgan fingerprint density at radius 1 is 0.917 bits per heavy atom. The molecule has 0 aliphatic heterocycles. The van der Waals surface area contributed by atoms with Crippen molar-refractivity contribution in [3.05, 3.63) is 53.6 Å². The topological polar surface area (TPSA) is 12.0 Å². The van der Waals surface area contributed by atoms with Crippen LogP contribution >= 0.6 is 24.8 Å². The first-order chi connectivity index (χ1) is 10.1. The molecule has 0 radical (unpaired) electrons. The summed E-state index contributed by atoms with van der Waals surface area (Å²) in [6, 6.07) is 15.8. The Morgan fingerprint density at radius 2 is 1.50 bits per heavy atom. The molecule has 0 spiro atoms. The van der Waals surface area contributed by atoms with Gasteiger partial charge in [0.2, 0.25) is 0 Å². The Kier molecular flexibility index (Phi) is 6.46. The zero-order chi connectivity index (χ0) is 16.2. The first kappa shape index (κ1) is 22.1. The fourth-order valence-corrected chi connectivity index (χ4v) is 20.0. The SMILES string of the molecule is CC(C)(C)[NH][Zr]([CH3])([CH3])(=[SiH2])[c]1cccc2c1Cc1ccccc1-2.Cl.Cl. The average Bonchev–Trinajstić information content (AvgIpc) is 2.73. The molecule has 2 aromatic rings. The van der Waals surface area contributed by atoms with Crippen molar-refractivity contribution in [1.82, 2.24) is 3.26 Å². The number of hydrogen-bond donors (Lipinski definition) is 1. The molecule has 0 unspecified atom stereocenters. The van der Waals surface area contributed by atoms with Crippen LogP contribution in [0.1, 0.15) is 31.9 Å². The molecule has 132 valence electrons. The Labute approximate surface area is 161 Å². The molecule has 0 aromatic heterocycles. The zero-order valence-corrected chi connectivity index (χ0v) is 20.8. The third kappa shape index (κ3) is 4.24. The molecule has 3 rings (SSSR count). The van der Waals surface area contributed by atoms with Crippen LogP contribution in [0, 0.1) is 0 Å². The van der Waals surface area contributed by atoms with Crippen LogP contribution in [-0.4, -0.2) is 12.4 Å². The molecule has 0 amide bonds. The van der Waals surface area contributed by atoms with Gasteiger partial charge in [-0.1, -0.05) is 0 Å². The van der Waals surface area contributed by atoms with Gasteiger partial charge in [0.15, 0.2) is 0 Å². The molecular weight excluding hydrogens is 432 g/mol. The number of hydrogen-bond acceptors (Lipinski definition) is 1. The first-order valence-corrected chi connectivity index (χ1v) is 21.4. The molecule has 0 heterocycles. The molecule has 1 aliphatic carbocycles. The molecule has 5 heteroatoms. The van der Waals surface area contributed by atoms with Gasteiger partial charge in [0, 0.05) is 0 Å². The first-order valence-electron chi connectivity index (χ1n) is 8.13. The molecule has 0 saturated heterocycles. The van der Waals surface area contributed by atoms with E-state index in [0.717, 1.165) is 6.42 Å². The summed E-state index contributed by atoms with van der Waals surface area (Å²) in [5, 5.41) is 0. The second-order valence-electron chi connectivity index (χ2n) is 8.73. The Morgan fingerprint density at radius 3 is 2.12 bits per heavy atom. The summed E-state index contributed by atoms with van der Waals surface area (Å²) in [7, 11) is 0. The number of fused-ring (bicyclic) bond motifs is 3. The van der Waals surface area contributed by atoms with Gasteiger partial charge in [0.25, 0.3) is 0 Å². The Hall–Kier alpha value is 0.0800. The van der Waals surface area contributed by atoms with Gasteiger partial charge in [-0.25, -0.2) is 0 Å². The van der Waals surface area contributed by atoms with Gasteiger partial charge < -0.3 is 0 Å². The zero-order valence-electron chi connectivity index (χ0n) is 15.3. The summed E-state index contributed by atoms with van der Waals surface area (Å²) in [6.07, 6.45) is 1.09. The van der Waals surface area contributed by atoms with E-state index in [1.807, 2.05) is 0 Å². The Bertz CT molecular complexity index is 818. The number of halogens is 2. The Balaban J connectivity index is 0.00000144. The minimum atomic E-state index is -3.12. The van der Waals surface area contributed by atoms with Gasteiger partial charge in [-0.15, -0.1) is 24.8 Å². The number of rotatable bonds is 2. The van der Waals surface area contributed by atoms with E-state index in [1.165, 1.54) is 16.7 Å². The third-order valence-corrected chi connectivity index (χ3v) is 17.0.